The second-order valence-corrected chi connectivity index (χ2v) is 3.96. The lowest BCUT2D eigenvalue weighted by Crippen LogP contribution is -2.02. The lowest BCUT2D eigenvalue weighted by atomic mass is 10.2. The number of nitro groups is 1. The van der Waals surface area contributed by atoms with E-state index in [0.29, 0.717) is 15.9 Å². The van der Waals surface area contributed by atoms with Gasteiger partial charge in [0.05, 0.1) is 17.0 Å². The second-order valence-electron chi connectivity index (χ2n) is 2.95. The van der Waals surface area contributed by atoms with Crippen molar-refractivity contribution in [3.8, 4) is 0 Å². The zero-order chi connectivity index (χ0) is 11.7. The van der Waals surface area contributed by atoms with Gasteiger partial charge in [-0.15, -0.1) is 0 Å². The Labute approximate surface area is 92.5 Å². The SMILES string of the molecule is O=C(O)Cc1ncnc2sc([N+](=O)[O-])cc12. The molecule has 0 saturated carbocycles. The highest BCUT2D eigenvalue weighted by atomic mass is 32.1. The Balaban J connectivity index is 2.58. The minimum Gasteiger partial charge on any atom is -0.481 e. The van der Waals surface area contributed by atoms with E-state index in [1.165, 1.54) is 12.4 Å². The first-order valence-electron chi connectivity index (χ1n) is 4.17. The molecular formula is C8H5N3O4S. The number of hydrogen-bond acceptors (Lipinski definition) is 6. The molecule has 8 heteroatoms. The van der Waals surface area contributed by atoms with Crippen LogP contribution in [0.5, 0.6) is 0 Å². The number of rotatable bonds is 3. The van der Waals surface area contributed by atoms with Crippen LogP contribution in [-0.4, -0.2) is 26.0 Å². The molecule has 2 heterocycles. The van der Waals surface area contributed by atoms with Gasteiger partial charge in [0.2, 0.25) is 0 Å². The van der Waals surface area contributed by atoms with Crippen molar-refractivity contribution in [2.24, 2.45) is 0 Å². The standard InChI is InChI=1S/C8H5N3O4S/c12-7(13)2-5-4-1-6(11(14)15)16-8(4)10-3-9-5/h1,3H,2H2,(H,12,13). The van der Waals surface area contributed by atoms with Crippen LogP contribution in [0, 0.1) is 10.1 Å². The predicted octanol–water partition coefficient (Wildman–Crippen LogP) is 1.23. The molecule has 0 aliphatic carbocycles. The Morgan fingerprint density at radius 1 is 1.56 bits per heavy atom. The number of aliphatic carboxylic acids is 1. The van der Waals surface area contributed by atoms with Crippen molar-refractivity contribution in [2.75, 3.05) is 0 Å². The summed E-state index contributed by atoms with van der Waals surface area (Å²) in [5.41, 5.74) is 0.293. The highest BCUT2D eigenvalue weighted by Crippen LogP contribution is 2.30. The molecule has 0 saturated heterocycles. The zero-order valence-corrected chi connectivity index (χ0v) is 8.60. The molecule has 0 radical (unpaired) electrons. The summed E-state index contributed by atoms with van der Waals surface area (Å²) in [4.78, 5) is 28.7. The van der Waals surface area contributed by atoms with E-state index >= 15 is 0 Å². The van der Waals surface area contributed by atoms with Gasteiger partial charge in [-0.25, -0.2) is 9.97 Å². The van der Waals surface area contributed by atoms with Gasteiger partial charge < -0.3 is 5.11 Å². The molecule has 2 rings (SSSR count). The molecule has 7 nitrogen and oxygen atoms in total. The highest BCUT2D eigenvalue weighted by molar-refractivity contribution is 7.21. The van der Waals surface area contributed by atoms with E-state index in [0.717, 1.165) is 11.3 Å². The second kappa shape index (κ2) is 3.81. The Morgan fingerprint density at radius 2 is 2.31 bits per heavy atom. The number of fused-ring (bicyclic) bond motifs is 1. The summed E-state index contributed by atoms with van der Waals surface area (Å²) in [6.45, 7) is 0. The first kappa shape index (κ1) is 10.4. The number of carbonyl (C=O) groups is 1. The quantitative estimate of drug-likeness (QED) is 0.637. The molecule has 0 atom stereocenters. The summed E-state index contributed by atoms with van der Waals surface area (Å²) < 4.78 is 0. The number of thiophene rings is 1. The van der Waals surface area contributed by atoms with Gasteiger partial charge in [-0.1, -0.05) is 0 Å². The fourth-order valence-electron chi connectivity index (χ4n) is 1.27. The smallest absolute Gasteiger partial charge is 0.326 e. The minimum absolute atomic E-state index is 0.0675. The van der Waals surface area contributed by atoms with Crippen LogP contribution in [0.25, 0.3) is 10.2 Å². The molecule has 0 unspecified atom stereocenters. The Hall–Kier alpha value is -2.09. The molecule has 0 aliphatic heterocycles. The van der Waals surface area contributed by atoms with Crippen LogP contribution in [-0.2, 0) is 11.2 Å². The van der Waals surface area contributed by atoms with Crippen LogP contribution < -0.4 is 0 Å². The van der Waals surface area contributed by atoms with Crippen LogP contribution in [0.2, 0.25) is 0 Å². The van der Waals surface area contributed by atoms with E-state index in [-0.39, 0.29) is 11.4 Å². The van der Waals surface area contributed by atoms with Crippen LogP contribution in [0.15, 0.2) is 12.4 Å². The summed E-state index contributed by atoms with van der Waals surface area (Å²) >= 11 is 0.904. The van der Waals surface area contributed by atoms with Crippen LogP contribution in [0.3, 0.4) is 0 Å². The van der Waals surface area contributed by atoms with E-state index in [2.05, 4.69) is 9.97 Å². The van der Waals surface area contributed by atoms with Gasteiger partial charge in [0.15, 0.2) is 0 Å². The van der Waals surface area contributed by atoms with Gasteiger partial charge in [0.1, 0.15) is 11.2 Å². The summed E-state index contributed by atoms with van der Waals surface area (Å²) in [6, 6.07) is 1.30. The number of nitrogens with zero attached hydrogens (tertiary/aromatic N) is 3. The lowest BCUT2D eigenvalue weighted by Gasteiger charge is -1.95. The third kappa shape index (κ3) is 1.82. The van der Waals surface area contributed by atoms with Gasteiger partial charge in [-0.3, -0.25) is 14.9 Å². The van der Waals surface area contributed by atoms with E-state index in [1.807, 2.05) is 0 Å². The van der Waals surface area contributed by atoms with E-state index in [4.69, 9.17) is 5.11 Å². The number of aromatic nitrogens is 2. The van der Waals surface area contributed by atoms with Gasteiger partial charge in [-0.05, 0) is 11.3 Å². The molecule has 16 heavy (non-hydrogen) atoms. The maximum absolute atomic E-state index is 10.6. The minimum atomic E-state index is -1.03. The van der Waals surface area contributed by atoms with Gasteiger partial charge in [0.25, 0.3) is 0 Å². The van der Waals surface area contributed by atoms with Crippen molar-refractivity contribution in [2.45, 2.75) is 6.42 Å². The molecule has 1 N–H and O–H groups in total. The van der Waals surface area contributed by atoms with Crippen molar-refractivity contribution in [3.63, 3.8) is 0 Å². The van der Waals surface area contributed by atoms with Crippen molar-refractivity contribution >= 4 is 32.5 Å². The van der Waals surface area contributed by atoms with Crippen molar-refractivity contribution in [1.82, 2.24) is 9.97 Å². The number of carboxylic acid groups (broad SMARTS) is 1. The fourth-order valence-corrected chi connectivity index (χ4v) is 2.10. The normalized spacial score (nSPS) is 10.5. The summed E-state index contributed by atoms with van der Waals surface area (Å²) in [6.07, 6.45) is 0.938. The fraction of sp³-hybridized carbons (Fsp3) is 0.125. The summed E-state index contributed by atoms with van der Waals surface area (Å²) in [5.74, 6) is -1.03. The van der Waals surface area contributed by atoms with Gasteiger partial charge in [0, 0.05) is 11.5 Å². The van der Waals surface area contributed by atoms with Crippen molar-refractivity contribution in [1.29, 1.82) is 0 Å². The number of hydrogen-bond donors (Lipinski definition) is 1. The average molecular weight is 239 g/mol. The molecular weight excluding hydrogens is 234 g/mol. The molecule has 82 valence electrons. The van der Waals surface area contributed by atoms with E-state index in [1.54, 1.807) is 0 Å². The number of carboxylic acids is 1. The molecule has 0 spiro atoms. The monoisotopic (exact) mass is 239 g/mol. The molecule has 0 aliphatic rings. The van der Waals surface area contributed by atoms with E-state index < -0.39 is 10.9 Å². The highest BCUT2D eigenvalue weighted by Gasteiger charge is 2.16. The largest absolute Gasteiger partial charge is 0.481 e. The summed E-state index contributed by atoms with van der Waals surface area (Å²) in [7, 11) is 0. The average Bonchev–Trinajstić information content (AvgIpc) is 2.61. The van der Waals surface area contributed by atoms with Crippen molar-refractivity contribution in [3.05, 3.63) is 28.2 Å². The van der Waals surface area contributed by atoms with Crippen LogP contribution in [0.1, 0.15) is 5.69 Å². The van der Waals surface area contributed by atoms with Crippen LogP contribution in [0.4, 0.5) is 5.00 Å². The van der Waals surface area contributed by atoms with E-state index in [9.17, 15) is 14.9 Å². The Morgan fingerprint density at radius 3 is 2.94 bits per heavy atom. The molecule has 0 fully saturated rings. The first-order valence-corrected chi connectivity index (χ1v) is 4.99. The third-order valence-electron chi connectivity index (χ3n) is 1.90. The topological polar surface area (TPSA) is 106 Å². The predicted molar refractivity (Wildman–Crippen MR) is 55.4 cm³/mol. The first-order chi connectivity index (χ1) is 7.58. The van der Waals surface area contributed by atoms with Gasteiger partial charge in [-0.2, -0.15) is 0 Å². The maximum atomic E-state index is 10.6. The lowest BCUT2D eigenvalue weighted by molar-refractivity contribution is -0.380. The van der Waals surface area contributed by atoms with Gasteiger partial charge >= 0.3 is 11.0 Å². The maximum Gasteiger partial charge on any atom is 0.326 e. The third-order valence-corrected chi connectivity index (χ3v) is 2.89. The summed E-state index contributed by atoms with van der Waals surface area (Å²) in [5, 5.41) is 19.6. The zero-order valence-electron chi connectivity index (χ0n) is 7.78. The molecule has 0 aromatic carbocycles. The molecule has 2 aromatic heterocycles. The molecule has 0 amide bonds. The molecule has 0 bridgehead atoms. The Kier molecular flexibility index (Phi) is 2.49. The van der Waals surface area contributed by atoms with Crippen LogP contribution >= 0.6 is 11.3 Å². The van der Waals surface area contributed by atoms with Crippen molar-refractivity contribution < 1.29 is 14.8 Å². The molecule has 2 aromatic rings. The Bertz CT molecular complexity index is 580.